The number of methoxy groups -OCH3 is 1. The summed E-state index contributed by atoms with van der Waals surface area (Å²) in [5.74, 6) is 2.25. The molecule has 1 unspecified atom stereocenters. The van der Waals surface area contributed by atoms with Crippen LogP contribution in [0.5, 0.6) is 5.75 Å². The molecule has 2 aromatic heterocycles. The van der Waals surface area contributed by atoms with Crippen molar-refractivity contribution in [1.82, 2.24) is 20.2 Å². The molecular weight excluding hydrogens is 432 g/mol. The second-order valence-electron chi connectivity index (χ2n) is 8.42. The lowest BCUT2D eigenvalue weighted by Crippen LogP contribution is -2.46. The monoisotopic (exact) mass is 456 g/mol. The molecule has 1 atom stereocenters. The quantitative estimate of drug-likeness (QED) is 0.426. The Morgan fingerprint density at radius 1 is 1.12 bits per heavy atom. The van der Waals surface area contributed by atoms with Gasteiger partial charge in [-0.05, 0) is 23.8 Å². The molecule has 2 aliphatic rings. The standard InChI is InChI=1S/C24H24N8O2/c1-33-15-4-2-13-9-20(27-17(13)10-15)21-12-32(6-7-34-21)22-11-18(28-24(26)29-22)14-3-5-16-19(8-14)30-31-23(16)25/h2-5,8,10-11,21H,6-7,9,12H2,1H3,(H3,25,30,31)(H2,26,28,29). The van der Waals surface area contributed by atoms with E-state index < -0.39 is 0 Å². The molecular formula is C24H24N8O2. The zero-order valence-corrected chi connectivity index (χ0v) is 18.7. The van der Waals surface area contributed by atoms with Crippen molar-refractivity contribution in [3.63, 3.8) is 0 Å². The van der Waals surface area contributed by atoms with E-state index in [-0.39, 0.29) is 12.1 Å². The molecule has 1 fully saturated rings. The van der Waals surface area contributed by atoms with Crippen molar-refractivity contribution < 1.29 is 9.47 Å². The van der Waals surface area contributed by atoms with E-state index in [0.717, 1.165) is 51.5 Å². The molecule has 10 heteroatoms. The Bertz CT molecular complexity index is 1430. The maximum Gasteiger partial charge on any atom is 0.222 e. The molecule has 2 aliphatic heterocycles. The summed E-state index contributed by atoms with van der Waals surface area (Å²) in [4.78, 5) is 16.0. The van der Waals surface area contributed by atoms with E-state index >= 15 is 0 Å². The normalized spacial score (nSPS) is 17.6. The van der Waals surface area contributed by atoms with Crippen LogP contribution in [0.4, 0.5) is 23.3 Å². The van der Waals surface area contributed by atoms with E-state index in [1.807, 2.05) is 36.4 Å². The van der Waals surface area contributed by atoms with Crippen molar-refractivity contribution in [1.29, 1.82) is 0 Å². The van der Waals surface area contributed by atoms with Crippen molar-refractivity contribution in [2.45, 2.75) is 12.5 Å². The first kappa shape index (κ1) is 20.4. The first-order valence-corrected chi connectivity index (χ1v) is 11.1. The Balaban J connectivity index is 1.26. The number of nitrogens with one attached hydrogen (secondary N) is 1. The van der Waals surface area contributed by atoms with Gasteiger partial charge in [-0.25, -0.2) is 4.98 Å². The summed E-state index contributed by atoms with van der Waals surface area (Å²) in [6.07, 6.45) is 0.638. The highest BCUT2D eigenvalue weighted by Gasteiger charge is 2.29. The van der Waals surface area contributed by atoms with Crippen LogP contribution in [0.1, 0.15) is 5.56 Å². The molecule has 34 heavy (non-hydrogen) atoms. The molecule has 172 valence electrons. The molecule has 5 N–H and O–H groups in total. The Kier molecular flexibility index (Phi) is 4.80. The van der Waals surface area contributed by atoms with Crippen molar-refractivity contribution in [3.8, 4) is 17.0 Å². The number of hydrogen-bond acceptors (Lipinski definition) is 9. The first-order valence-electron chi connectivity index (χ1n) is 11.1. The number of anilines is 3. The molecule has 0 bridgehead atoms. The van der Waals surface area contributed by atoms with Crippen LogP contribution in [0, 0.1) is 0 Å². The molecule has 6 rings (SSSR count). The topological polar surface area (TPSA) is 141 Å². The molecule has 4 aromatic rings. The maximum absolute atomic E-state index is 6.11. The molecule has 0 amide bonds. The van der Waals surface area contributed by atoms with Crippen LogP contribution >= 0.6 is 0 Å². The number of rotatable bonds is 4. The highest BCUT2D eigenvalue weighted by atomic mass is 16.5. The molecule has 0 aliphatic carbocycles. The van der Waals surface area contributed by atoms with E-state index in [2.05, 4.69) is 31.1 Å². The van der Waals surface area contributed by atoms with Gasteiger partial charge in [0.15, 0.2) is 5.82 Å². The summed E-state index contributed by atoms with van der Waals surface area (Å²) in [6.45, 7) is 1.91. The summed E-state index contributed by atoms with van der Waals surface area (Å²) >= 11 is 0. The number of aliphatic imine (C=N–C) groups is 1. The number of aromatic amines is 1. The number of nitrogens with zero attached hydrogens (tertiary/aromatic N) is 5. The highest BCUT2D eigenvalue weighted by molar-refractivity contribution is 5.98. The third kappa shape index (κ3) is 3.57. The van der Waals surface area contributed by atoms with Crippen molar-refractivity contribution in [2.24, 2.45) is 4.99 Å². The van der Waals surface area contributed by atoms with Crippen LogP contribution in [0.3, 0.4) is 0 Å². The number of nitrogen functional groups attached to an aromatic ring is 2. The predicted molar refractivity (Wildman–Crippen MR) is 132 cm³/mol. The molecule has 4 heterocycles. The van der Waals surface area contributed by atoms with Gasteiger partial charge < -0.3 is 25.8 Å². The lowest BCUT2D eigenvalue weighted by Gasteiger charge is -2.34. The summed E-state index contributed by atoms with van der Waals surface area (Å²) in [6, 6.07) is 13.8. The SMILES string of the molecule is COc1ccc2c(c1)N=C(C1CN(c3cc(-c4ccc5c(N)n[nH]c5c4)nc(N)n3)CCO1)C2. The van der Waals surface area contributed by atoms with Crippen molar-refractivity contribution >= 4 is 39.9 Å². The van der Waals surface area contributed by atoms with Gasteiger partial charge in [0.25, 0.3) is 0 Å². The van der Waals surface area contributed by atoms with Gasteiger partial charge in [0.05, 0.1) is 42.9 Å². The zero-order valence-electron chi connectivity index (χ0n) is 18.7. The summed E-state index contributed by atoms with van der Waals surface area (Å²) in [7, 11) is 1.66. The summed E-state index contributed by atoms with van der Waals surface area (Å²) < 4.78 is 11.4. The van der Waals surface area contributed by atoms with Gasteiger partial charge >= 0.3 is 0 Å². The lowest BCUT2D eigenvalue weighted by molar-refractivity contribution is 0.0829. The van der Waals surface area contributed by atoms with Gasteiger partial charge in [0.1, 0.15) is 17.7 Å². The number of benzene rings is 2. The highest BCUT2D eigenvalue weighted by Crippen LogP contribution is 2.33. The Morgan fingerprint density at radius 3 is 2.91 bits per heavy atom. The van der Waals surface area contributed by atoms with Crippen LogP contribution < -0.4 is 21.1 Å². The zero-order chi connectivity index (χ0) is 23.2. The van der Waals surface area contributed by atoms with Gasteiger partial charge in [0, 0.05) is 36.0 Å². The van der Waals surface area contributed by atoms with E-state index in [9.17, 15) is 0 Å². The number of nitrogens with two attached hydrogens (primary N) is 2. The van der Waals surface area contributed by atoms with Gasteiger partial charge in [-0.2, -0.15) is 10.1 Å². The van der Waals surface area contributed by atoms with Crippen LogP contribution in [0.2, 0.25) is 0 Å². The predicted octanol–water partition coefficient (Wildman–Crippen LogP) is 2.73. The first-order chi connectivity index (χ1) is 16.6. The van der Waals surface area contributed by atoms with Crippen LogP contribution in [0.15, 0.2) is 47.5 Å². The second kappa shape index (κ2) is 7.99. The minimum atomic E-state index is -0.129. The number of hydrogen-bond donors (Lipinski definition) is 3. The maximum atomic E-state index is 6.11. The van der Waals surface area contributed by atoms with E-state index in [0.29, 0.717) is 25.5 Å². The molecule has 0 radical (unpaired) electrons. The molecule has 0 spiro atoms. The fourth-order valence-electron chi connectivity index (χ4n) is 4.52. The minimum Gasteiger partial charge on any atom is -0.497 e. The van der Waals surface area contributed by atoms with Gasteiger partial charge in [0.2, 0.25) is 5.95 Å². The van der Waals surface area contributed by atoms with E-state index in [4.69, 9.17) is 25.9 Å². The Labute approximate surface area is 195 Å². The van der Waals surface area contributed by atoms with Crippen molar-refractivity contribution in [3.05, 3.63) is 48.0 Å². The van der Waals surface area contributed by atoms with Crippen molar-refractivity contribution in [2.75, 3.05) is 43.2 Å². The third-order valence-corrected chi connectivity index (χ3v) is 6.31. The summed E-state index contributed by atoms with van der Waals surface area (Å²) in [5, 5.41) is 7.88. The lowest BCUT2D eigenvalue weighted by atomic mass is 10.1. The number of aromatic nitrogens is 4. The van der Waals surface area contributed by atoms with Crippen LogP contribution in [0.25, 0.3) is 22.2 Å². The number of fused-ring (bicyclic) bond motifs is 2. The average molecular weight is 457 g/mol. The Hall–Kier alpha value is -4.18. The van der Waals surface area contributed by atoms with Crippen LogP contribution in [-0.2, 0) is 11.2 Å². The fourth-order valence-corrected chi connectivity index (χ4v) is 4.52. The van der Waals surface area contributed by atoms with Crippen LogP contribution in [-0.4, -0.2) is 58.8 Å². The van der Waals surface area contributed by atoms with Gasteiger partial charge in [-0.15, -0.1) is 0 Å². The summed E-state index contributed by atoms with van der Waals surface area (Å²) in [5.41, 5.74) is 17.6. The van der Waals surface area contributed by atoms with Gasteiger partial charge in [-0.3, -0.25) is 10.1 Å². The van der Waals surface area contributed by atoms with E-state index in [1.165, 1.54) is 5.56 Å². The smallest absolute Gasteiger partial charge is 0.222 e. The molecule has 2 aromatic carbocycles. The third-order valence-electron chi connectivity index (χ3n) is 6.31. The number of morpholine rings is 1. The average Bonchev–Trinajstić information content (AvgIpc) is 3.46. The van der Waals surface area contributed by atoms with Gasteiger partial charge in [-0.1, -0.05) is 12.1 Å². The number of ether oxygens (including phenoxy) is 2. The molecule has 10 nitrogen and oxygen atoms in total. The second-order valence-corrected chi connectivity index (χ2v) is 8.42. The Morgan fingerprint density at radius 2 is 2.03 bits per heavy atom. The van der Waals surface area contributed by atoms with E-state index in [1.54, 1.807) is 7.11 Å². The molecule has 1 saturated heterocycles. The minimum absolute atomic E-state index is 0.129. The number of H-pyrrole nitrogens is 1. The fraction of sp³-hybridized carbons (Fsp3) is 0.250. The largest absolute Gasteiger partial charge is 0.497 e. The molecule has 0 saturated carbocycles.